The van der Waals surface area contributed by atoms with Crippen LogP contribution in [0.2, 0.25) is 0 Å². The lowest BCUT2D eigenvalue weighted by Crippen LogP contribution is -2.13. The Balaban J connectivity index is 1.16. The lowest BCUT2D eigenvalue weighted by molar-refractivity contribution is 1.25. The normalized spacial score (nSPS) is 11.2. The number of hydrogen-bond donors (Lipinski definition) is 0. The van der Waals surface area contributed by atoms with E-state index >= 15 is 0 Å². The quantitative estimate of drug-likeness (QED) is 0.160. The van der Waals surface area contributed by atoms with Gasteiger partial charge in [-0.1, -0.05) is 140 Å². The molecule has 2 nitrogen and oxygen atoms in total. The second kappa shape index (κ2) is 12.8. The summed E-state index contributed by atoms with van der Waals surface area (Å²) in [4.78, 5) is 4.69. The summed E-state index contributed by atoms with van der Waals surface area (Å²) in [5, 5.41) is 7.59. The molecule has 0 aromatic heterocycles. The van der Waals surface area contributed by atoms with E-state index in [-0.39, 0.29) is 0 Å². The first-order valence-corrected chi connectivity index (χ1v) is 17.1. The van der Waals surface area contributed by atoms with Crippen molar-refractivity contribution in [1.82, 2.24) is 0 Å². The van der Waals surface area contributed by atoms with Gasteiger partial charge in [0.2, 0.25) is 0 Å². The monoisotopic (exact) mass is 638 g/mol. The molecule has 0 unspecified atom stereocenters. The SMILES string of the molecule is c1ccc(-c2ccc(N(c3ccccc3)c3cccc(N(c4ccccc4)c4ccc5c(ccc6c7ccccc7ccc56)c4)c3)cc2)cc1. The maximum absolute atomic E-state index is 2.36. The van der Waals surface area contributed by atoms with Gasteiger partial charge in [0.05, 0.1) is 0 Å². The summed E-state index contributed by atoms with van der Waals surface area (Å²) in [6.07, 6.45) is 0. The van der Waals surface area contributed by atoms with Crippen LogP contribution in [-0.2, 0) is 0 Å². The number of fused-ring (bicyclic) bond motifs is 5. The Morgan fingerprint density at radius 3 is 1.30 bits per heavy atom. The largest absolute Gasteiger partial charge is 0.310 e. The van der Waals surface area contributed by atoms with Crippen molar-refractivity contribution >= 4 is 66.4 Å². The second-order valence-corrected chi connectivity index (χ2v) is 12.6. The van der Waals surface area contributed by atoms with Crippen molar-refractivity contribution in [2.24, 2.45) is 0 Å². The molecule has 9 rings (SSSR count). The number of rotatable bonds is 7. The molecule has 0 heterocycles. The molecular formula is C48H34N2. The molecular weight excluding hydrogens is 605 g/mol. The number of anilines is 6. The summed E-state index contributed by atoms with van der Waals surface area (Å²) in [6, 6.07) is 74.1. The molecule has 9 aromatic carbocycles. The standard InChI is InChI=1S/C48H34N2/c1-4-13-35(14-5-1)36-23-27-41(28-24-36)49(39-16-6-2-7-17-39)42-20-12-21-43(34-42)50(40-18-8-3-9-19-40)44-29-32-46-38(33-44)26-31-47-45-22-11-10-15-37(45)25-30-48(46)47/h1-34H. The van der Waals surface area contributed by atoms with Crippen LogP contribution in [0.5, 0.6) is 0 Å². The van der Waals surface area contributed by atoms with Gasteiger partial charge in [-0.15, -0.1) is 0 Å². The van der Waals surface area contributed by atoms with Crippen molar-refractivity contribution in [2.75, 3.05) is 9.80 Å². The van der Waals surface area contributed by atoms with Crippen LogP contribution in [0.1, 0.15) is 0 Å². The molecule has 0 saturated heterocycles. The van der Waals surface area contributed by atoms with Crippen LogP contribution in [0.25, 0.3) is 43.4 Å². The molecule has 236 valence electrons. The first-order chi connectivity index (χ1) is 24.8. The van der Waals surface area contributed by atoms with Crippen molar-refractivity contribution in [3.63, 3.8) is 0 Å². The van der Waals surface area contributed by atoms with Gasteiger partial charge in [-0.3, -0.25) is 0 Å². The third-order valence-electron chi connectivity index (χ3n) is 9.59. The molecule has 0 fully saturated rings. The zero-order valence-electron chi connectivity index (χ0n) is 27.5. The Bertz CT molecular complexity index is 2580. The molecule has 2 heteroatoms. The van der Waals surface area contributed by atoms with E-state index in [1.54, 1.807) is 0 Å². The van der Waals surface area contributed by atoms with Gasteiger partial charge in [-0.25, -0.2) is 0 Å². The number of hydrogen-bond acceptors (Lipinski definition) is 2. The van der Waals surface area contributed by atoms with Crippen LogP contribution < -0.4 is 9.80 Å². The highest BCUT2D eigenvalue weighted by atomic mass is 15.2. The highest BCUT2D eigenvalue weighted by Crippen LogP contribution is 2.42. The molecule has 0 aliphatic rings. The smallest absolute Gasteiger partial charge is 0.0482 e. The highest BCUT2D eigenvalue weighted by molar-refractivity contribution is 6.17. The van der Waals surface area contributed by atoms with Gasteiger partial charge in [0, 0.05) is 34.1 Å². The fourth-order valence-electron chi connectivity index (χ4n) is 7.21. The van der Waals surface area contributed by atoms with Gasteiger partial charge < -0.3 is 9.80 Å². The van der Waals surface area contributed by atoms with E-state index in [9.17, 15) is 0 Å². The lowest BCUT2D eigenvalue weighted by Gasteiger charge is -2.29. The van der Waals surface area contributed by atoms with E-state index in [0.29, 0.717) is 0 Å². The minimum atomic E-state index is 1.08. The topological polar surface area (TPSA) is 6.48 Å². The predicted octanol–water partition coefficient (Wildman–Crippen LogP) is 13.8. The van der Waals surface area contributed by atoms with Crippen LogP contribution in [0.4, 0.5) is 34.1 Å². The molecule has 0 bridgehead atoms. The van der Waals surface area contributed by atoms with Crippen molar-refractivity contribution in [1.29, 1.82) is 0 Å². The van der Waals surface area contributed by atoms with Gasteiger partial charge in [-0.2, -0.15) is 0 Å². The summed E-state index contributed by atoms with van der Waals surface area (Å²) in [5.74, 6) is 0. The highest BCUT2D eigenvalue weighted by Gasteiger charge is 2.18. The first kappa shape index (κ1) is 29.5. The van der Waals surface area contributed by atoms with Crippen molar-refractivity contribution in [2.45, 2.75) is 0 Å². The van der Waals surface area contributed by atoms with Crippen LogP contribution in [-0.4, -0.2) is 0 Å². The summed E-state index contributed by atoms with van der Waals surface area (Å²) in [6.45, 7) is 0. The van der Waals surface area contributed by atoms with Gasteiger partial charge in [-0.05, 0) is 110 Å². The Morgan fingerprint density at radius 2 is 0.640 bits per heavy atom. The molecule has 50 heavy (non-hydrogen) atoms. The van der Waals surface area contributed by atoms with E-state index in [4.69, 9.17) is 0 Å². The third-order valence-corrected chi connectivity index (χ3v) is 9.59. The van der Waals surface area contributed by atoms with Crippen molar-refractivity contribution in [3.05, 3.63) is 206 Å². The minimum Gasteiger partial charge on any atom is -0.310 e. The van der Waals surface area contributed by atoms with E-state index in [1.165, 1.54) is 43.4 Å². The maximum Gasteiger partial charge on any atom is 0.0482 e. The molecule has 0 aliphatic carbocycles. The molecule has 0 spiro atoms. The van der Waals surface area contributed by atoms with Crippen LogP contribution in [0.15, 0.2) is 206 Å². The average Bonchev–Trinajstić information content (AvgIpc) is 3.19. The average molecular weight is 639 g/mol. The Kier molecular flexibility index (Phi) is 7.53. The van der Waals surface area contributed by atoms with E-state index in [2.05, 4.69) is 216 Å². The lowest BCUT2D eigenvalue weighted by atomic mass is 9.96. The van der Waals surface area contributed by atoms with E-state index < -0.39 is 0 Å². The molecule has 0 saturated carbocycles. The molecule has 0 N–H and O–H groups in total. The maximum atomic E-state index is 2.36. The van der Waals surface area contributed by atoms with Gasteiger partial charge in [0.25, 0.3) is 0 Å². The fourth-order valence-corrected chi connectivity index (χ4v) is 7.21. The first-order valence-electron chi connectivity index (χ1n) is 17.1. The van der Waals surface area contributed by atoms with Crippen molar-refractivity contribution < 1.29 is 0 Å². The zero-order valence-corrected chi connectivity index (χ0v) is 27.5. The summed E-state index contributed by atoms with van der Waals surface area (Å²) < 4.78 is 0. The zero-order chi connectivity index (χ0) is 33.3. The Morgan fingerprint density at radius 1 is 0.220 bits per heavy atom. The third kappa shape index (κ3) is 5.43. The van der Waals surface area contributed by atoms with Gasteiger partial charge >= 0.3 is 0 Å². The van der Waals surface area contributed by atoms with Gasteiger partial charge in [0.1, 0.15) is 0 Å². The second-order valence-electron chi connectivity index (χ2n) is 12.6. The molecule has 0 amide bonds. The summed E-state index contributed by atoms with van der Waals surface area (Å²) >= 11 is 0. The van der Waals surface area contributed by atoms with Gasteiger partial charge in [0.15, 0.2) is 0 Å². The Hall–Kier alpha value is -6.64. The minimum absolute atomic E-state index is 1.08. The molecule has 0 atom stereocenters. The predicted molar refractivity (Wildman–Crippen MR) is 214 cm³/mol. The fraction of sp³-hybridized carbons (Fsp3) is 0. The number of para-hydroxylation sites is 2. The van der Waals surface area contributed by atoms with Crippen LogP contribution in [0, 0.1) is 0 Å². The molecule has 0 radical (unpaired) electrons. The van der Waals surface area contributed by atoms with Crippen molar-refractivity contribution in [3.8, 4) is 11.1 Å². The number of benzene rings is 9. The molecule has 0 aliphatic heterocycles. The molecule has 9 aromatic rings. The number of nitrogens with zero attached hydrogens (tertiary/aromatic N) is 2. The Labute approximate surface area is 292 Å². The summed E-state index contributed by atoms with van der Waals surface area (Å²) in [5.41, 5.74) is 9.00. The van der Waals surface area contributed by atoms with Crippen LogP contribution in [0.3, 0.4) is 0 Å². The van der Waals surface area contributed by atoms with Crippen LogP contribution >= 0.6 is 0 Å². The van der Waals surface area contributed by atoms with E-state index in [0.717, 1.165) is 34.1 Å². The summed E-state index contributed by atoms with van der Waals surface area (Å²) in [7, 11) is 0. The van der Waals surface area contributed by atoms with E-state index in [1.807, 2.05) is 0 Å².